The summed E-state index contributed by atoms with van der Waals surface area (Å²) in [5, 5.41) is 0.764. The molecule has 8 heteroatoms. The largest absolute Gasteiger partial charge is 0.366 e. The summed E-state index contributed by atoms with van der Waals surface area (Å²) in [7, 11) is -3.81. The summed E-state index contributed by atoms with van der Waals surface area (Å²) >= 11 is 0. The van der Waals surface area contributed by atoms with Crippen molar-refractivity contribution < 1.29 is 12.8 Å². The zero-order valence-corrected chi connectivity index (χ0v) is 21.5. The van der Waals surface area contributed by atoms with E-state index < -0.39 is 10.0 Å². The first-order chi connectivity index (χ1) is 17.8. The second-order valence-electron chi connectivity index (χ2n) is 9.33. The molecule has 1 aliphatic heterocycles. The Hall–Kier alpha value is -3.75. The van der Waals surface area contributed by atoms with Crippen LogP contribution >= 0.6 is 0 Å². The molecule has 1 fully saturated rings. The number of sulfonamides is 1. The van der Waals surface area contributed by atoms with Crippen LogP contribution in [0.3, 0.4) is 0 Å². The van der Waals surface area contributed by atoms with Gasteiger partial charge in [0.25, 0.3) is 10.0 Å². The van der Waals surface area contributed by atoms with E-state index in [1.807, 2.05) is 36.4 Å². The molecule has 0 radical (unpaired) electrons. The molecule has 0 aliphatic carbocycles. The van der Waals surface area contributed by atoms with E-state index in [0.29, 0.717) is 23.3 Å². The maximum absolute atomic E-state index is 14.1. The third-order valence-corrected chi connectivity index (χ3v) is 8.18. The van der Waals surface area contributed by atoms with E-state index in [4.69, 9.17) is 0 Å². The van der Waals surface area contributed by atoms with Crippen LogP contribution in [0.1, 0.15) is 18.1 Å². The first-order valence-electron chi connectivity index (χ1n) is 12.2. The lowest BCUT2D eigenvalue weighted by Crippen LogP contribution is -2.50. The highest BCUT2D eigenvalue weighted by atomic mass is 32.2. The second-order valence-corrected chi connectivity index (χ2v) is 11.0. The molecule has 0 amide bonds. The molecule has 2 heterocycles. The molecule has 190 valence electrons. The third-order valence-electron chi connectivity index (χ3n) is 6.77. The minimum Gasteiger partial charge on any atom is -0.366 e. The number of anilines is 1. The van der Waals surface area contributed by atoms with Gasteiger partial charge in [-0.05, 0) is 42.8 Å². The fraction of sp³-hybridized carbons (Fsp3) is 0.207. The molecule has 4 aromatic rings. The van der Waals surface area contributed by atoms with E-state index in [0.717, 1.165) is 36.3 Å². The van der Waals surface area contributed by atoms with E-state index in [1.165, 1.54) is 6.07 Å². The number of rotatable bonds is 7. The number of halogens is 1. The predicted molar refractivity (Wildman–Crippen MR) is 146 cm³/mol. The molecule has 0 bridgehead atoms. The van der Waals surface area contributed by atoms with E-state index >= 15 is 0 Å². The van der Waals surface area contributed by atoms with Crippen molar-refractivity contribution >= 4 is 32.3 Å². The molecule has 1 saturated heterocycles. The Kier molecular flexibility index (Phi) is 6.95. The molecule has 37 heavy (non-hydrogen) atoms. The van der Waals surface area contributed by atoms with Crippen molar-refractivity contribution in [3.63, 3.8) is 0 Å². The Morgan fingerprint density at radius 2 is 1.78 bits per heavy atom. The van der Waals surface area contributed by atoms with Crippen LogP contribution in [0.5, 0.6) is 0 Å². The van der Waals surface area contributed by atoms with E-state index in [9.17, 15) is 12.8 Å². The van der Waals surface area contributed by atoms with Gasteiger partial charge in [0.1, 0.15) is 10.7 Å². The van der Waals surface area contributed by atoms with Crippen LogP contribution in [0.4, 0.5) is 10.1 Å². The Labute approximate surface area is 217 Å². The summed E-state index contributed by atoms with van der Waals surface area (Å²) in [5.41, 5.74) is 3.41. The van der Waals surface area contributed by atoms with Crippen molar-refractivity contribution in [1.29, 1.82) is 0 Å². The Morgan fingerprint density at radius 1 is 1.03 bits per heavy atom. The van der Waals surface area contributed by atoms with Crippen molar-refractivity contribution in [3.05, 3.63) is 109 Å². The zero-order valence-electron chi connectivity index (χ0n) is 20.6. The molecule has 1 unspecified atom stereocenters. The minimum absolute atomic E-state index is 0.140. The quantitative estimate of drug-likeness (QED) is 0.359. The number of aromatic nitrogens is 1. The molecule has 1 aliphatic rings. The first-order valence-corrected chi connectivity index (χ1v) is 13.7. The lowest BCUT2D eigenvalue weighted by molar-refractivity contribution is 0.122. The second kappa shape index (κ2) is 10.3. The number of hydrogen-bond acceptors (Lipinski definition) is 5. The van der Waals surface area contributed by atoms with Crippen molar-refractivity contribution in [2.45, 2.75) is 24.4 Å². The first kappa shape index (κ1) is 24.9. The van der Waals surface area contributed by atoms with E-state index in [2.05, 4.69) is 33.0 Å². The van der Waals surface area contributed by atoms with Crippen LogP contribution in [0.2, 0.25) is 0 Å². The minimum atomic E-state index is -3.81. The Balaban J connectivity index is 1.25. The number of fused-ring (bicyclic) bond motifs is 1. The van der Waals surface area contributed by atoms with Gasteiger partial charge in [0.05, 0.1) is 5.52 Å². The fourth-order valence-electron chi connectivity index (χ4n) is 4.84. The molecule has 1 N–H and O–H groups in total. The van der Waals surface area contributed by atoms with Gasteiger partial charge in [-0.3, -0.25) is 14.6 Å². The summed E-state index contributed by atoms with van der Waals surface area (Å²) in [6.07, 6.45) is 1.59. The molecular formula is C29H29FN4O2S. The lowest BCUT2D eigenvalue weighted by atomic mass is 10.1. The molecular weight excluding hydrogens is 487 g/mol. The fourth-order valence-corrected chi connectivity index (χ4v) is 6.08. The molecule has 1 atom stereocenters. The normalized spacial score (nSPS) is 16.6. The molecule has 3 aromatic carbocycles. The van der Waals surface area contributed by atoms with Gasteiger partial charge in [-0.1, -0.05) is 55.1 Å². The molecule has 1 aromatic heterocycles. The number of pyridine rings is 1. The highest BCUT2D eigenvalue weighted by Crippen LogP contribution is 2.27. The SMILES string of the molecule is C=C(c1ccc(NS(=O)(=O)c2cccc3cccnc23)cc1)N1CCN(Cc2ccccc2F)CC1C. The molecule has 6 nitrogen and oxygen atoms in total. The van der Waals surface area contributed by atoms with Gasteiger partial charge in [-0.15, -0.1) is 0 Å². The number of benzene rings is 3. The monoisotopic (exact) mass is 516 g/mol. The van der Waals surface area contributed by atoms with Crippen molar-refractivity contribution in [2.24, 2.45) is 0 Å². The number of para-hydroxylation sites is 1. The van der Waals surface area contributed by atoms with Gasteiger partial charge >= 0.3 is 0 Å². The third kappa shape index (κ3) is 5.35. The molecule has 0 spiro atoms. The maximum Gasteiger partial charge on any atom is 0.264 e. The van der Waals surface area contributed by atoms with E-state index in [1.54, 1.807) is 42.6 Å². The predicted octanol–water partition coefficient (Wildman–Crippen LogP) is 5.35. The smallest absolute Gasteiger partial charge is 0.264 e. The summed E-state index contributed by atoms with van der Waals surface area (Å²) in [6, 6.07) is 23.1. The highest BCUT2D eigenvalue weighted by Gasteiger charge is 2.26. The zero-order chi connectivity index (χ0) is 26.0. The topological polar surface area (TPSA) is 65.5 Å². The number of nitrogens with one attached hydrogen (secondary N) is 1. The summed E-state index contributed by atoms with van der Waals surface area (Å²) in [6.45, 7) is 9.40. The van der Waals surface area contributed by atoms with Crippen LogP contribution in [0, 0.1) is 5.82 Å². The van der Waals surface area contributed by atoms with Crippen LogP contribution < -0.4 is 4.72 Å². The highest BCUT2D eigenvalue weighted by molar-refractivity contribution is 7.93. The van der Waals surface area contributed by atoms with E-state index in [-0.39, 0.29) is 16.8 Å². The maximum atomic E-state index is 14.1. The number of nitrogens with zero attached hydrogens (tertiary/aromatic N) is 3. The van der Waals surface area contributed by atoms with Crippen LogP contribution in [-0.4, -0.2) is 48.9 Å². The standard InChI is InChI=1S/C29H29FN4O2S/c1-21-19-33(20-25-7-3-4-10-27(25)30)17-18-34(21)22(2)23-12-14-26(15-13-23)32-37(35,36)28-11-5-8-24-9-6-16-31-29(24)28/h3-16,21,32H,2,17-20H2,1H3. The van der Waals surface area contributed by atoms with Crippen molar-refractivity contribution in [3.8, 4) is 0 Å². The Bertz CT molecular complexity index is 1530. The van der Waals surface area contributed by atoms with Gasteiger partial charge in [-0.2, -0.15) is 0 Å². The van der Waals surface area contributed by atoms with Crippen molar-refractivity contribution in [2.75, 3.05) is 24.4 Å². The summed E-state index contributed by atoms with van der Waals surface area (Å²) in [4.78, 5) is 8.91. The number of piperazine rings is 1. The average molecular weight is 517 g/mol. The number of hydrogen-bond donors (Lipinski definition) is 1. The van der Waals surface area contributed by atoms with Gasteiger partial charge in [0, 0.05) is 60.8 Å². The van der Waals surface area contributed by atoms with Gasteiger partial charge in [0.15, 0.2) is 0 Å². The van der Waals surface area contributed by atoms with Crippen LogP contribution in [0.25, 0.3) is 16.6 Å². The Morgan fingerprint density at radius 3 is 2.54 bits per heavy atom. The summed E-state index contributed by atoms with van der Waals surface area (Å²) < 4.78 is 42.9. The van der Waals surface area contributed by atoms with Gasteiger partial charge in [-0.25, -0.2) is 12.8 Å². The van der Waals surface area contributed by atoms with Gasteiger partial charge < -0.3 is 4.90 Å². The molecule has 5 rings (SSSR count). The molecule has 0 saturated carbocycles. The van der Waals surface area contributed by atoms with Gasteiger partial charge in [0.2, 0.25) is 0 Å². The average Bonchev–Trinajstić information content (AvgIpc) is 2.89. The van der Waals surface area contributed by atoms with Crippen molar-refractivity contribution in [1.82, 2.24) is 14.8 Å². The van der Waals surface area contributed by atoms with Crippen LogP contribution in [-0.2, 0) is 16.6 Å². The summed E-state index contributed by atoms with van der Waals surface area (Å²) in [5.74, 6) is -0.172. The lowest BCUT2D eigenvalue weighted by Gasteiger charge is -2.42. The van der Waals surface area contributed by atoms with Crippen LogP contribution in [0.15, 0.2) is 96.5 Å².